The molecule has 3 aromatic rings. The van der Waals surface area contributed by atoms with Gasteiger partial charge in [-0.3, -0.25) is 0 Å². The number of nitrogens with one attached hydrogen (secondary N) is 2. The molecule has 130 valence electrons. The van der Waals surface area contributed by atoms with Crippen molar-refractivity contribution in [1.29, 1.82) is 0 Å². The summed E-state index contributed by atoms with van der Waals surface area (Å²) < 4.78 is 7.62. The van der Waals surface area contributed by atoms with Crippen LogP contribution in [0.2, 0.25) is 0 Å². The van der Waals surface area contributed by atoms with Crippen LogP contribution in [-0.4, -0.2) is 27.1 Å². The molecule has 0 unspecified atom stereocenters. The Morgan fingerprint density at radius 3 is 2.72 bits per heavy atom. The first kappa shape index (κ1) is 16.8. The second-order valence-electron chi connectivity index (χ2n) is 5.98. The van der Waals surface area contributed by atoms with Crippen molar-refractivity contribution < 1.29 is 9.21 Å². The standard InChI is InChI=1S/C18H21N5O2/c1-13(2)16-11-21-17(25-16)14-3-5-15(6-4-14)22-18(24)20-8-10-23-9-7-19-12-23/h3-7,9,11-13H,8,10H2,1-2H3,(H2,20,22,24). The summed E-state index contributed by atoms with van der Waals surface area (Å²) in [5, 5.41) is 5.60. The Hall–Kier alpha value is -3.09. The predicted molar refractivity (Wildman–Crippen MR) is 95.3 cm³/mol. The molecule has 0 aliphatic rings. The number of rotatable bonds is 6. The second kappa shape index (κ2) is 7.65. The minimum atomic E-state index is -0.244. The molecule has 2 amide bonds. The summed E-state index contributed by atoms with van der Waals surface area (Å²) in [5.41, 5.74) is 1.58. The molecule has 7 heteroatoms. The highest BCUT2D eigenvalue weighted by atomic mass is 16.4. The van der Waals surface area contributed by atoms with Crippen LogP contribution in [0.5, 0.6) is 0 Å². The lowest BCUT2D eigenvalue weighted by Crippen LogP contribution is -2.31. The summed E-state index contributed by atoms with van der Waals surface area (Å²) in [6.07, 6.45) is 7.02. The maximum absolute atomic E-state index is 11.9. The summed E-state index contributed by atoms with van der Waals surface area (Å²) in [6, 6.07) is 7.15. The Labute approximate surface area is 146 Å². The monoisotopic (exact) mass is 339 g/mol. The van der Waals surface area contributed by atoms with Gasteiger partial charge in [0.05, 0.1) is 12.5 Å². The van der Waals surface area contributed by atoms with Crippen molar-refractivity contribution in [2.45, 2.75) is 26.3 Å². The fourth-order valence-electron chi connectivity index (χ4n) is 2.28. The van der Waals surface area contributed by atoms with Crippen LogP contribution in [0.25, 0.3) is 11.5 Å². The largest absolute Gasteiger partial charge is 0.441 e. The summed E-state index contributed by atoms with van der Waals surface area (Å²) in [5.74, 6) is 1.74. The van der Waals surface area contributed by atoms with Crippen LogP contribution in [0.3, 0.4) is 0 Å². The molecule has 0 saturated carbocycles. The van der Waals surface area contributed by atoms with Crippen molar-refractivity contribution in [2.75, 3.05) is 11.9 Å². The van der Waals surface area contributed by atoms with Crippen molar-refractivity contribution in [1.82, 2.24) is 19.9 Å². The molecule has 2 heterocycles. The molecule has 0 bridgehead atoms. The van der Waals surface area contributed by atoms with Crippen molar-refractivity contribution >= 4 is 11.7 Å². The Morgan fingerprint density at radius 2 is 2.08 bits per heavy atom. The first-order valence-corrected chi connectivity index (χ1v) is 8.18. The van der Waals surface area contributed by atoms with Gasteiger partial charge in [0, 0.05) is 42.7 Å². The molecule has 0 atom stereocenters. The SMILES string of the molecule is CC(C)c1cnc(-c2ccc(NC(=O)NCCn3ccnc3)cc2)o1. The molecular weight excluding hydrogens is 318 g/mol. The lowest BCUT2D eigenvalue weighted by atomic mass is 10.2. The Kier molecular flexibility index (Phi) is 5.13. The number of nitrogens with zero attached hydrogens (tertiary/aromatic N) is 3. The number of benzene rings is 1. The quantitative estimate of drug-likeness (QED) is 0.720. The van der Waals surface area contributed by atoms with Crippen LogP contribution >= 0.6 is 0 Å². The second-order valence-corrected chi connectivity index (χ2v) is 5.98. The minimum Gasteiger partial charge on any atom is -0.441 e. The number of hydrogen-bond donors (Lipinski definition) is 2. The lowest BCUT2D eigenvalue weighted by Gasteiger charge is -2.08. The summed E-state index contributed by atoms with van der Waals surface area (Å²) in [7, 11) is 0. The maximum atomic E-state index is 11.9. The number of imidazole rings is 1. The van der Waals surface area contributed by atoms with Gasteiger partial charge in [0.15, 0.2) is 0 Å². The van der Waals surface area contributed by atoms with Gasteiger partial charge in [0.2, 0.25) is 5.89 Å². The first-order valence-electron chi connectivity index (χ1n) is 8.18. The highest BCUT2D eigenvalue weighted by Crippen LogP contribution is 2.24. The van der Waals surface area contributed by atoms with Crippen LogP contribution in [0, 0.1) is 0 Å². The third kappa shape index (κ3) is 4.47. The van der Waals surface area contributed by atoms with Crippen LogP contribution in [0.1, 0.15) is 25.5 Å². The molecule has 2 N–H and O–H groups in total. The fraction of sp³-hybridized carbons (Fsp3) is 0.278. The van der Waals surface area contributed by atoms with Crippen molar-refractivity contribution in [3.8, 4) is 11.5 Å². The van der Waals surface area contributed by atoms with Gasteiger partial charge in [0.1, 0.15) is 5.76 Å². The van der Waals surface area contributed by atoms with Crippen molar-refractivity contribution in [3.63, 3.8) is 0 Å². The third-order valence-electron chi connectivity index (χ3n) is 3.70. The average molecular weight is 339 g/mol. The van der Waals surface area contributed by atoms with Crippen LogP contribution in [0.4, 0.5) is 10.5 Å². The van der Waals surface area contributed by atoms with E-state index in [1.807, 2.05) is 35.0 Å². The topological polar surface area (TPSA) is 85.0 Å². The molecule has 0 radical (unpaired) electrons. The molecule has 3 rings (SSSR count). The number of urea groups is 1. The lowest BCUT2D eigenvalue weighted by molar-refractivity contribution is 0.251. The summed E-state index contributed by atoms with van der Waals surface area (Å²) >= 11 is 0. The molecular formula is C18H21N5O2. The number of carbonyl (C=O) groups excluding carboxylic acids is 1. The van der Waals surface area contributed by atoms with E-state index in [1.165, 1.54) is 0 Å². The maximum Gasteiger partial charge on any atom is 0.319 e. The van der Waals surface area contributed by atoms with Gasteiger partial charge in [-0.1, -0.05) is 13.8 Å². The van der Waals surface area contributed by atoms with Gasteiger partial charge in [-0.05, 0) is 24.3 Å². The summed E-state index contributed by atoms with van der Waals surface area (Å²) in [6.45, 7) is 5.31. The molecule has 0 aliphatic heterocycles. The molecule has 1 aromatic carbocycles. The molecule has 0 saturated heterocycles. The molecule has 0 spiro atoms. The Bertz CT molecular complexity index is 806. The number of aromatic nitrogens is 3. The highest BCUT2D eigenvalue weighted by Gasteiger charge is 2.09. The molecule has 25 heavy (non-hydrogen) atoms. The zero-order valence-corrected chi connectivity index (χ0v) is 14.3. The molecule has 7 nitrogen and oxygen atoms in total. The Balaban J connectivity index is 1.52. The average Bonchev–Trinajstić information content (AvgIpc) is 3.27. The normalized spacial score (nSPS) is 10.8. The van der Waals surface area contributed by atoms with E-state index >= 15 is 0 Å². The van der Waals surface area contributed by atoms with Crippen LogP contribution < -0.4 is 10.6 Å². The van der Waals surface area contributed by atoms with E-state index in [-0.39, 0.29) is 6.03 Å². The smallest absolute Gasteiger partial charge is 0.319 e. The van der Waals surface area contributed by atoms with E-state index in [1.54, 1.807) is 18.7 Å². The van der Waals surface area contributed by atoms with E-state index in [0.29, 0.717) is 30.6 Å². The minimum absolute atomic E-state index is 0.244. The van der Waals surface area contributed by atoms with Crippen LogP contribution in [-0.2, 0) is 6.54 Å². The zero-order chi connectivity index (χ0) is 17.6. The van der Waals surface area contributed by atoms with Gasteiger partial charge in [0.25, 0.3) is 0 Å². The van der Waals surface area contributed by atoms with Gasteiger partial charge in [-0.15, -0.1) is 0 Å². The zero-order valence-electron chi connectivity index (χ0n) is 14.3. The Morgan fingerprint density at radius 1 is 1.28 bits per heavy atom. The number of oxazole rings is 1. The van der Waals surface area contributed by atoms with E-state index in [9.17, 15) is 4.79 Å². The number of carbonyl (C=O) groups is 1. The van der Waals surface area contributed by atoms with E-state index < -0.39 is 0 Å². The van der Waals surface area contributed by atoms with Crippen molar-refractivity contribution in [2.24, 2.45) is 0 Å². The van der Waals surface area contributed by atoms with Crippen LogP contribution in [0.15, 0.2) is 53.6 Å². The van der Waals surface area contributed by atoms with E-state index in [4.69, 9.17) is 4.42 Å². The fourth-order valence-corrected chi connectivity index (χ4v) is 2.28. The molecule has 0 aliphatic carbocycles. The first-order chi connectivity index (χ1) is 12.1. The van der Waals surface area contributed by atoms with Gasteiger partial charge < -0.3 is 19.6 Å². The predicted octanol–water partition coefficient (Wildman–Crippen LogP) is 3.48. The summed E-state index contributed by atoms with van der Waals surface area (Å²) in [4.78, 5) is 20.1. The third-order valence-corrected chi connectivity index (χ3v) is 3.70. The number of amides is 2. The van der Waals surface area contributed by atoms with E-state index in [0.717, 1.165) is 11.3 Å². The molecule has 0 fully saturated rings. The van der Waals surface area contributed by atoms with Crippen molar-refractivity contribution in [3.05, 3.63) is 54.9 Å². The number of anilines is 1. The van der Waals surface area contributed by atoms with E-state index in [2.05, 4.69) is 34.4 Å². The molecule has 2 aromatic heterocycles. The van der Waals surface area contributed by atoms with Gasteiger partial charge >= 0.3 is 6.03 Å². The highest BCUT2D eigenvalue weighted by molar-refractivity contribution is 5.89. The number of hydrogen-bond acceptors (Lipinski definition) is 4. The van der Waals surface area contributed by atoms with Gasteiger partial charge in [-0.2, -0.15) is 0 Å². The van der Waals surface area contributed by atoms with Gasteiger partial charge in [-0.25, -0.2) is 14.8 Å².